The molecule has 0 saturated heterocycles. The third-order valence-electron chi connectivity index (χ3n) is 1.86. The van der Waals surface area contributed by atoms with Gasteiger partial charge in [-0.1, -0.05) is 22.0 Å². The molecule has 14 heavy (non-hydrogen) atoms. The number of rotatable bonds is 3. The standard InChI is InChI=1S/C10H12BrNO2/c1-6-3-4-8(5-9(6)11)14-7(2)10(12)13/h3-5,7H,1-2H3,(H2,12,13). The lowest BCUT2D eigenvalue weighted by molar-refractivity contribution is -0.123. The number of amides is 1. The van der Waals surface area contributed by atoms with Crippen molar-refractivity contribution in [3.8, 4) is 5.75 Å². The minimum Gasteiger partial charge on any atom is -0.481 e. The first-order valence-corrected chi connectivity index (χ1v) is 5.02. The Morgan fingerprint density at radius 1 is 1.57 bits per heavy atom. The Morgan fingerprint density at radius 2 is 2.21 bits per heavy atom. The minimum absolute atomic E-state index is 0.471. The summed E-state index contributed by atoms with van der Waals surface area (Å²) in [5.74, 6) is 0.162. The molecule has 3 nitrogen and oxygen atoms in total. The van der Waals surface area contributed by atoms with Crippen molar-refractivity contribution in [3.63, 3.8) is 0 Å². The third-order valence-corrected chi connectivity index (χ3v) is 2.71. The molecule has 1 unspecified atom stereocenters. The zero-order valence-electron chi connectivity index (χ0n) is 8.08. The van der Waals surface area contributed by atoms with Gasteiger partial charge in [-0.2, -0.15) is 0 Å². The smallest absolute Gasteiger partial charge is 0.258 e. The van der Waals surface area contributed by atoms with Crippen molar-refractivity contribution in [2.24, 2.45) is 5.73 Å². The molecule has 1 amide bonds. The van der Waals surface area contributed by atoms with Crippen LogP contribution in [0.1, 0.15) is 12.5 Å². The number of ether oxygens (including phenoxy) is 1. The summed E-state index contributed by atoms with van der Waals surface area (Å²) in [6.07, 6.45) is -0.607. The molecule has 1 aromatic carbocycles. The third kappa shape index (κ3) is 2.73. The Balaban J connectivity index is 2.78. The van der Waals surface area contributed by atoms with Gasteiger partial charge in [0, 0.05) is 4.47 Å². The van der Waals surface area contributed by atoms with E-state index in [1.165, 1.54) is 0 Å². The second-order valence-electron chi connectivity index (χ2n) is 3.07. The summed E-state index contributed by atoms with van der Waals surface area (Å²) in [4.78, 5) is 10.7. The Labute approximate surface area is 91.4 Å². The lowest BCUT2D eigenvalue weighted by atomic mass is 10.2. The van der Waals surface area contributed by atoms with Gasteiger partial charge in [0.05, 0.1) is 0 Å². The molecule has 2 N–H and O–H groups in total. The number of hydrogen-bond donors (Lipinski definition) is 1. The van der Waals surface area contributed by atoms with E-state index in [1.54, 1.807) is 13.0 Å². The summed E-state index contributed by atoms with van der Waals surface area (Å²) >= 11 is 3.38. The molecule has 0 heterocycles. The molecule has 0 aliphatic carbocycles. The molecular formula is C10H12BrNO2. The highest BCUT2D eigenvalue weighted by atomic mass is 79.9. The molecule has 0 radical (unpaired) electrons. The molecule has 0 aliphatic heterocycles. The number of hydrogen-bond acceptors (Lipinski definition) is 2. The van der Waals surface area contributed by atoms with Crippen LogP contribution in [0.4, 0.5) is 0 Å². The van der Waals surface area contributed by atoms with Gasteiger partial charge in [-0.25, -0.2) is 0 Å². The van der Waals surface area contributed by atoms with Gasteiger partial charge in [-0.05, 0) is 31.5 Å². The molecule has 0 bridgehead atoms. The molecule has 76 valence electrons. The topological polar surface area (TPSA) is 52.3 Å². The van der Waals surface area contributed by atoms with Gasteiger partial charge in [0.15, 0.2) is 6.10 Å². The Kier molecular flexibility index (Phi) is 3.52. The molecular weight excluding hydrogens is 246 g/mol. The highest BCUT2D eigenvalue weighted by Gasteiger charge is 2.10. The van der Waals surface area contributed by atoms with Crippen molar-refractivity contribution >= 4 is 21.8 Å². The molecule has 1 atom stereocenters. The van der Waals surface area contributed by atoms with Crippen LogP contribution >= 0.6 is 15.9 Å². The van der Waals surface area contributed by atoms with Crippen LogP contribution in [0.5, 0.6) is 5.75 Å². The van der Waals surface area contributed by atoms with E-state index in [9.17, 15) is 4.79 Å². The zero-order chi connectivity index (χ0) is 10.7. The summed E-state index contributed by atoms with van der Waals surface area (Å²) in [6.45, 7) is 3.60. The van der Waals surface area contributed by atoms with E-state index >= 15 is 0 Å². The number of carbonyl (C=O) groups is 1. The SMILES string of the molecule is Cc1ccc(OC(C)C(N)=O)cc1Br. The van der Waals surface area contributed by atoms with E-state index < -0.39 is 12.0 Å². The molecule has 0 spiro atoms. The number of primary amides is 1. The second kappa shape index (κ2) is 4.46. The Bertz CT molecular complexity index is 352. The van der Waals surface area contributed by atoms with Crippen molar-refractivity contribution in [1.29, 1.82) is 0 Å². The van der Waals surface area contributed by atoms with E-state index in [4.69, 9.17) is 10.5 Å². The van der Waals surface area contributed by atoms with Crippen LogP contribution in [0, 0.1) is 6.92 Å². The van der Waals surface area contributed by atoms with E-state index in [0.29, 0.717) is 5.75 Å². The summed E-state index contributed by atoms with van der Waals surface area (Å²) in [6, 6.07) is 5.53. The van der Waals surface area contributed by atoms with Crippen LogP contribution in [0.2, 0.25) is 0 Å². The van der Waals surface area contributed by atoms with Crippen LogP contribution in [0.3, 0.4) is 0 Å². The monoisotopic (exact) mass is 257 g/mol. The van der Waals surface area contributed by atoms with Crippen molar-refractivity contribution in [1.82, 2.24) is 0 Å². The van der Waals surface area contributed by atoms with E-state index in [2.05, 4.69) is 15.9 Å². The largest absolute Gasteiger partial charge is 0.481 e. The lowest BCUT2D eigenvalue weighted by Crippen LogP contribution is -2.30. The quantitative estimate of drug-likeness (QED) is 0.901. The lowest BCUT2D eigenvalue weighted by Gasteiger charge is -2.11. The van der Waals surface area contributed by atoms with Crippen molar-refractivity contribution in [2.45, 2.75) is 20.0 Å². The van der Waals surface area contributed by atoms with E-state index in [1.807, 2.05) is 19.1 Å². The van der Waals surface area contributed by atoms with Gasteiger partial charge in [-0.3, -0.25) is 4.79 Å². The highest BCUT2D eigenvalue weighted by molar-refractivity contribution is 9.10. The van der Waals surface area contributed by atoms with Crippen LogP contribution in [-0.4, -0.2) is 12.0 Å². The summed E-state index contributed by atoms with van der Waals surface area (Å²) in [5, 5.41) is 0. The fourth-order valence-electron chi connectivity index (χ4n) is 0.909. The zero-order valence-corrected chi connectivity index (χ0v) is 9.67. The maximum atomic E-state index is 10.7. The first kappa shape index (κ1) is 11.0. The molecule has 1 rings (SSSR count). The van der Waals surface area contributed by atoms with Gasteiger partial charge in [0.1, 0.15) is 5.75 Å². The number of halogens is 1. The molecule has 1 aromatic rings. The van der Waals surface area contributed by atoms with Gasteiger partial charge < -0.3 is 10.5 Å². The summed E-state index contributed by atoms with van der Waals surface area (Å²) < 4.78 is 6.26. The second-order valence-corrected chi connectivity index (χ2v) is 3.93. The van der Waals surface area contributed by atoms with Gasteiger partial charge >= 0.3 is 0 Å². The molecule has 0 aromatic heterocycles. The number of benzene rings is 1. The normalized spacial score (nSPS) is 12.2. The average Bonchev–Trinajstić information content (AvgIpc) is 2.11. The number of carbonyl (C=O) groups excluding carboxylic acids is 1. The van der Waals surface area contributed by atoms with Gasteiger partial charge in [0.2, 0.25) is 0 Å². The molecule has 4 heteroatoms. The summed E-state index contributed by atoms with van der Waals surface area (Å²) in [7, 11) is 0. The number of aryl methyl sites for hydroxylation is 1. The average molecular weight is 258 g/mol. The van der Waals surface area contributed by atoms with Crippen molar-refractivity contribution < 1.29 is 9.53 Å². The Morgan fingerprint density at radius 3 is 2.71 bits per heavy atom. The first-order chi connectivity index (χ1) is 6.50. The fraction of sp³-hybridized carbons (Fsp3) is 0.300. The minimum atomic E-state index is -0.607. The molecule has 0 fully saturated rings. The van der Waals surface area contributed by atoms with Gasteiger partial charge in [0.25, 0.3) is 5.91 Å². The highest BCUT2D eigenvalue weighted by Crippen LogP contribution is 2.22. The van der Waals surface area contributed by atoms with Crippen molar-refractivity contribution in [3.05, 3.63) is 28.2 Å². The maximum absolute atomic E-state index is 10.7. The van der Waals surface area contributed by atoms with Crippen LogP contribution in [0.15, 0.2) is 22.7 Å². The van der Waals surface area contributed by atoms with E-state index in [-0.39, 0.29) is 0 Å². The van der Waals surface area contributed by atoms with E-state index in [0.717, 1.165) is 10.0 Å². The molecule has 0 aliphatic rings. The number of nitrogens with two attached hydrogens (primary N) is 1. The Hall–Kier alpha value is -1.03. The van der Waals surface area contributed by atoms with Crippen LogP contribution in [0.25, 0.3) is 0 Å². The summed E-state index contributed by atoms with van der Waals surface area (Å²) in [5.41, 5.74) is 6.19. The fourth-order valence-corrected chi connectivity index (χ4v) is 1.27. The predicted octanol–water partition coefficient (Wildman–Crippen LogP) is 2.01. The van der Waals surface area contributed by atoms with Gasteiger partial charge in [-0.15, -0.1) is 0 Å². The maximum Gasteiger partial charge on any atom is 0.258 e. The van der Waals surface area contributed by atoms with Crippen LogP contribution < -0.4 is 10.5 Å². The first-order valence-electron chi connectivity index (χ1n) is 4.23. The predicted molar refractivity (Wildman–Crippen MR) is 58.2 cm³/mol. The van der Waals surface area contributed by atoms with Crippen LogP contribution in [-0.2, 0) is 4.79 Å². The van der Waals surface area contributed by atoms with Crippen molar-refractivity contribution in [2.75, 3.05) is 0 Å². The molecule has 0 saturated carbocycles.